The molecule has 19 heavy (non-hydrogen) atoms. The summed E-state index contributed by atoms with van der Waals surface area (Å²) in [4.78, 5) is 24.7. The van der Waals surface area contributed by atoms with Crippen LogP contribution in [-0.4, -0.2) is 52.8 Å². The van der Waals surface area contributed by atoms with Crippen LogP contribution >= 0.6 is 0 Å². The highest BCUT2D eigenvalue weighted by molar-refractivity contribution is 5.75. The van der Waals surface area contributed by atoms with Gasteiger partial charge in [0.15, 0.2) is 6.10 Å². The molecule has 0 aliphatic carbocycles. The third kappa shape index (κ3) is 3.18. The molecule has 2 heterocycles. The van der Waals surface area contributed by atoms with Crippen LogP contribution in [0.15, 0.2) is 0 Å². The second kappa shape index (κ2) is 5.36. The molecule has 2 aliphatic heterocycles. The molecule has 0 aromatic carbocycles. The van der Waals surface area contributed by atoms with Gasteiger partial charge in [0.1, 0.15) is 0 Å². The molecule has 0 aromatic heterocycles. The van der Waals surface area contributed by atoms with Gasteiger partial charge in [-0.2, -0.15) is 0 Å². The number of likely N-dealkylation sites (tertiary alicyclic amines) is 1. The van der Waals surface area contributed by atoms with Crippen molar-refractivity contribution in [1.29, 1.82) is 0 Å². The minimum Gasteiger partial charge on any atom is -0.479 e. The van der Waals surface area contributed by atoms with E-state index in [1.807, 2.05) is 4.90 Å². The molecule has 2 amide bonds. The zero-order chi connectivity index (χ0) is 14.0. The maximum Gasteiger partial charge on any atom is 0.332 e. The van der Waals surface area contributed by atoms with E-state index < -0.39 is 12.1 Å². The van der Waals surface area contributed by atoms with E-state index in [-0.39, 0.29) is 17.7 Å². The summed E-state index contributed by atoms with van der Waals surface area (Å²) in [5, 5.41) is 11.7. The summed E-state index contributed by atoms with van der Waals surface area (Å²) in [6.07, 6.45) is 2.34. The summed E-state index contributed by atoms with van der Waals surface area (Å²) >= 11 is 0. The van der Waals surface area contributed by atoms with Crippen molar-refractivity contribution in [3.05, 3.63) is 0 Å². The largest absolute Gasteiger partial charge is 0.479 e. The van der Waals surface area contributed by atoms with E-state index >= 15 is 0 Å². The Bertz CT molecular complexity index is 370. The number of rotatable bonds is 3. The monoisotopic (exact) mass is 270 g/mol. The lowest BCUT2D eigenvalue weighted by atomic mass is 10.0. The first kappa shape index (κ1) is 14.1. The highest BCUT2D eigenvalue weighted by Crippen LogP contribution is 2.28. The van der Waals surface area contributed by atoms with E-state index in [4.69, 9.17) is 9.84 Å². The molecule has 2 unspecified atom stereocenters. The normalized spacial score (nSPS) is 29.5. The topological polar surface area (TPSA) is 78.9 Å². The SMILES string of the molecule is CC1(C)CCCN1C(=O)NCC1CCC(C(=O)O)O1. The number of aliphatic carboxylic acids is 1. The first-order valence-corrected chi connectivity index (χ1v) is 6.84. The molecular weight excluding hydrogens is 248 g/mol. The van der Waals surface area contributed by atoms with Crippen molar-refractivity contribution in [3.8, 4) is 0 Å². The molecule has 2 N–H and O–H groups in total. The van der Waals surface area contributed by atoms with Crippen LogP contribution in [0.25, 0.3) is 0 Å². The molecule has 2 aliphatic rings. The lowest BCUT2D eigenvalue weighted by molar-refractivity contribution is -0.149. The van der Waals surface area contributed by atoms with E-state index in [0.29, 0.717) is 19.4 Å². The van der Waals surface area contributed by atoms with Gasteiger partial charge < -0.3 is 20.1 Å². The Balaban J connectivity index is 1.77. The Morgan fingerprint density at radius 2 is 2.16 bits per heavy atom. The average Bonchev–Trinajstić information content (AvgIpc) is 2.92. The smallest absolute Gasteiger partial charge is 0.332 e. The molecular formula is C13H22N2O4. The summed E-state index contributed by atoms with van der Waals surface area (Å²) < 4.78 is 5.36. The number of nitrogens with one attached hydrogen (secondary N) is 1. The van der Waals surface area contributed by atoms with Crippen LogP contribution in [0.2, 0.25) is 0 Å². The van der Waals surface area contributed by atoms with Gasteiger partial charge in [-0.25, -0.2) is 9.59 Å². The zero-order valence-corrected chi connectivity index (χ0v) is 11.5. The first-order chi connectivity index (χ1) is 8.90. The number of carbonyl (C=O) groups is 2. The molecule has 2 atom stereocenters. The predicted molar refractivity (Wildman–Crippen MR) is 68.9 cm³/mol. The third-order valence-electron chi connectivity index (χ3n) is 4.01. The summed E-state index contributed by atoms with van der Waals surface area (Å²) in [6.45, 7) is 5.29. The molecule has 0 aromatic rings. The van der Waals surface area contributed by atoms with Crippen molar-refractivity contribution >= 4 is 12.0 Å². The summed E-state index contributed by atoms with van der Waals surface area (Å²) in [7, 11) is 0. The van der Waals surface area contributed by atoms with Gasteiger partial charge in [-0.1, -0.05) is 0 Å². The molecule has 2 fully saturated rings. The van der Waals surface area contributed by atoms with Crippen molar-refractivity contribution in [2.24, 2.45) is 0 Å². The van der Waals surface area contributed by atoms with Gasteiger partial charge in [-0.05, 0) is 39.5 Å². The molecule has 0 saturated carbocycles. The summed E-state index contributed by atoms with van der Waals surface area (Å²) in [5.41, 5.74) is -0.0930. The standard InChI is InChI=1S/C13H22N2O4/c1-13(2)6-3-7-15(13)12(18)14-8-9-4-5-10(19-9)11(16)17/h9-10H,3-8H2,1-2H3,(H,14,18)(H,16,17). The van der Waals surface area contributed by atoms with E-state index in [9.17, 15) is 9.59 Å². The molecule has 2 rings (SSSR count). The third-order valence-corrected chi connectivity index (χ3v) is 4.01. The van der Waals surface area contributed by atoms with Crippen LogP contribution in [0, 0.1) is 0 Å². The van der Waals surface area contributed by atoms with Gasteiger partial charge in [0, 0.05) is 18.6 Å². The van der Waals surface area contributed by atoms with Crippen molar-refractivity contribution in [1.82, 2.24) is 10.2 Å². The van der Waals surface area contributed by atoms with E-state index in [0.717, 1.165) is 19.4 Å². The quantitative estimate of drug-likeness (QED) is 0.807. The van der Waals surface area contributed by atoms with Crippen molar-refractivity contribution in [2.45, 2.75) is 57.3 Å². The lowest BCUT2D eigenvalue weighted by Crippen LogP contribution is -2.49. The lowest BCUT2D eigenvalue weighted by Gasteiger charge is -2.32. The number of amides is 2. The molecule has 6 heteroatoms. The number of carboxylic acids is 1. The minimum absolute atomic E-state index is 0.0788. The van der Waals surface area contributed by atoms with Gasteiger partial charge >= 0.3 is 12.0 Å². The Kier molecular flexibility index (Phi) is 3.99. The highest BCUT2D eigenvalue weighted by Gasteiger charge is 2.36. The average molecular weight is 270 g/mol. The van der Waals surface area contributed by atoms with Crippen molar-refractivity contribution in [2.75, 3.05) is 13.1 Å². The number of carboxylic acid groups (broad SMARTS) is 1. The van der Waals surface area contributed by atoms with E-state index in [1.54, 1.807) is 0 Å². The Morgan fingerprint density at radius 3 is 2.68 bits per heavy atom. The Hall–Kier alpha value is -1.30. The van der Waals surface area contributed by atoms with Crippen molar-refractivity contribution in [3.63, 3.8) is 0 Å². The molecule has 0 radical (unpaired) electrons. The number of hydrogen-bond acceptors (Lipinski definition) is 3. The van der Waals surface area contributed by atoms with E-state index in [1.165, 1.54) is 0 Å². The molecule has 2 saturated heterocycles. The number of urea groups is 1. The summed E-state index contributed by atoms with van der Waals surface area (Å²) in [5.74, 6) is -0.922. The van der Waals surface area contributed by atoms with Gasteiger partial charge in [0.2, 0.25) is 0 Å². The highest BCUT2D eigenvalue weighted by atomic mass is 16.5. The number of hydrogen-bond donors (Lipinski definition) is 2. The van der Waals surface area contributed by atoms with Crippen LogP contribution in [0.4, 0.5) is 4.79 Å². The fourth-order valence-corrected chi connectivity index (χ4v) is 2.82. The van der Waals surface area contributed by atoms with Gasteiger partial charge in [-0.3, -0.25) is 0 Å². The molecule has 108 valence electrons. The fraction of sp³-hybridized carbons (Fsp3) is 0.846. The van der Waals surface area contributed by atoms with Crippen molar-refractivity contribution < 1.29 is 19.4 Å². The maximum absolute atomic E-state index is 12.1. The van der Waals surface area contributed by atoms with Gasteiger partial charge in [0.05, 0.1) is 6.10 Å². The Morgan fingerprint density at radius 1 is 1.42 bits per heavy atom. The zero-order valence-electron chi connectivity index (χ0n) is 11.5. The molecule has 6 nitrogen and oxygen atoms in total. The Labute approximate surface area is 113 Å². The molecule has 0 spiro atoms. The number of nitrogens with zero attached hydrogens (tertiary/aromatic N) is 1. The maximum atomic E-state index is 12.1. The number of ether oxygens (including phenoxy) is 1. The second-order valence-corrected chi connectivity index (χ2v) is 5.92. The van der Waals surface area contributed by atoms with Crippen LogP contribution in [-0.2, 0) is 9.53 Å². The van der Waals surface area contributed by atoms with Crippen LogP contribution in [0.5, 0.6) is 0 Å². The second-order valence-electron chi connectivity index (χ2n) is 5.92. The predicted octanol–water partition coefficient (Wildman–Crippen LogP) is 1.20. The van der Waals surface area contributed by atoms with Crippen LogP contribution < -0.4 is 5.32 Å². The van der Waals surface area contributed by atoms with Gasteiger partial charge in [-0.15, -0.1) is 0 Å². The van der Waals surface area contributed by atoms with Gasteiger partial charge in [0.25, 0.3) is 0 Å². The summed E-state index contributed by atoms with van der Waals surface area (Å²) in [6, 6.07) is -0.0788. The van der Waals surface area contributed by atoms with Crippen LogP contribution in [0.3, 0.4) is 0 Å². The van der Waals surface area contributed by atoms with E-state index in [2.05, 4.69) is 19.2 Å². The molecule has 0 bridgehead atoms. The first-order valence-electron chi connectivity index (χ1n) is 6.84. The fourth-order valence-electron chi connectivity index (χ4n) is 2.82. The minimum atomic E-state index is -0.922. The number of carbonyl (C=O) groups excluding carboxylic acids is 1. The van der Waals surface area contributed by atoms with Crippen LogP contribution in [0.1, 0.15) is 39.5 Å².